The van der Waals surface area contributed by atoms with Crippen LogP contribution >= 0.6 is 35.7 Å². The lowest BCUT2D eigenvalue weighted by molar-refractivity contribution is 0.491. The number of unbranched alkanes of at least 4 members (excludes halogenated alkanes) is 8. The van der Waals surface area contributed by atoms with Crippen LogP contribution in [0, 0.1) is 12.8 Å². The minimum Gasteiger partial charge on any atom is -0.345 e. The maximum absolute atomic E-state index is 5.92. The van der Waals surface area contributed by atoms with Gasteiger partial charge in [-0.2, -0.15) is 0 Å². The van der Waals surface area contributed by atoms with E-state index in [1.807, 2.05) is 6.92 Å². The van der Waals surface area contributed by atoms with Crippen molar-refractivity contribution in [2.45, 2.75) is 108 Å². The summed E-state index contributed by atoms with van der Waals surface area (Å²) in [5.41, 5.74) is 1.00. The van der Waals surface area contributed by atoms with Crippen molar-refractivity contribution < 1.29 is 0 Å². The molecule has 166 valence electrons. The second kappa shape index (κ2) is 16.4. The summed E-state index contributed by atoms with van der Waals surface area (Å²) in [6.07, 6.45) is 19.7. The van der Waals surface area contributed by atoms with Crippen LogP contribution in [0.2, 0.25) is 0 Å². The van der Waals surface area contributed by atoms with Gasteiger partial charge in [-0.1, -0.05) is 90.3 Å². The van der Waals surface area contributed by atoms with Crippen molar-refractivity contribution in [1.82, 2.24) is 9.97 Å². The minimum atomic E-state index is 0.457. The van der Waals surface area contributed by atoms with Gasteiger partial charge in [0.2, 0.25) is 0 Å². The van der Waals surface area contributed by atoms with Crippen LogP contribution in [-0.4, -0.2) is 27.5 Å². The van der Waals surface area contributed by atoms with E-state index >= 15 is 0 Å². The molecular formula is C23H41N3S3. The summed E-state index contributed by atoms with van der Waals surface area (Å²) >= 11 is 9.24. The van der Waals surface area contributed by atoms with E-state index in [1.165, 1.54) is 77.0 Å². The van der Waals surface area contributed by atoms with E-state index in [0.29, 0.717) is 5.92 Å². The summed E-state index contributed by atoms with van der Waals surface area (Å²) in [5, 5.41) is 5.56. The van der Waals surface area contributed by atoms with Gasteiger partial charge in [-0.3, -0.25) is 0 Å². The maximum Gasteiger partial charge on any atom is 0.128 e. The first-order valence-electron chi connectivity index (χ1n) is 11.3. The third-order valence-electron chi connectivity index (χ3n) is 5.27. The lowest BCUT2D eigenvalue weighted by atomic mass is 9.94. The first-order chi connectivity index (χ1) is 14.1. The number of rotatable bonds is 16. The fourth-order valence-electron chi connectivity index (χ4n) is 3.54. The molecule has 0 fully saturated rings. The second-order valence-corrected chi connectivity index (χ2v) is 9.79. The monoisotopic (exact) mass is 455 g/mol. The summed E-state index contributed by atoms with van der Waals surface area (Å²) in [6, 6.07) is 0. The largest absolute Gasteiger partial charge is 0.345 e. The minimum absolute atomic E-state index is 0.457. The highest BCUT2D eigenvalue weighted by molar-refractivity contribution is 7.99. The zero-order valence-corrected chi connectivity index (χ0v) is 21.6. The molecule has 1 atom stereocenters. The van der Waals surface area contributed by atoms with Crippen molar-refractivity contribution >= 4 is 46.4 Å². The molecule has 0 unspecified atom stereocenters. The molecule has 1 aromatic heterocycles. The molecule has 0 aromatic carbocycles. The van der Waals surface area contributed by atoms with E-state index in [9.17, 15) is 0 Å². The quantitative estimate of drug-likeness (QED) is 0.117. The van der Waals surface area contributed by atoms with Gasteiger partial charge in [0.05, 0.1) is 4.99 Å². The lowest BCUT2D eigenvalue weighted by Gasteiger charge is -2.21. The maximum atomic E-state index is 5.92. The molecule has 0 bridgehead atoms. The van der Waals surface area contributed by atoms with Gasteiger partial charge in [0.25, 0.3) is 0 Å². The molecule has 29 heavy (non-hydrogen) atoms. The molecule has 1 N–H and O–H groups in total. The highest BCUT2D eigenvalue weighted by atomic mass is 32.2. The Morgan fingerprint density at radius 3 is 1.76 bits per heavy atom. The third-order valence-corrected chi connectivity index (χ3v) is 7.07. The van der Waals surface area contributed by atoms with Crippen molar-refractivity contribution in [2.24, 2.45) is 5.92 Å². The van der Waals surface area contributed by atoms with Crippen molar-refractivity contribution in [2.75, 3.05) is 17.8 Å². The molecule has 6 heteroatoms. The van der Waals surface area contributed by atoms with E-state index in [4.69, 9.17) is 12.2 Å². The standard InChI is InChI=1S/C23H41N3S3/c1-6-8-10-12-13-15-17-19(16-14-11-9-7-2)21(27)26-20-22(28-4)24-18(3)25-23(20)29-5/h19H,6-17H2,1-5H3,(H,26,27)/t19-/m0/s1. The predicted molar refractivity (Wildman–Crippen MR) is 137 cm³/mol. The lowest BCUT2D eigenvalue weighted by Crippen LogP contribution is -2.22. The molecular weight excluding hydrogens is 414 g/mol. The van der Waals surface area contributed by atoms with Gasteiger partial charge in [-0.25, -0.2) is 9.97 Å². The summed E-state index contributed by atoms with van der Waals surface area (Å²) in [5.74, 6) is 1.28. The van der Waals surface area contributed by atoms with E-state index in [1.54, 1.807) is 23.5 Å². The predicted octanol–water partition coefficient (Wildman–Crippen LogP) is 8.31. The van der Waals surface area contributed by atoms with Crippen LogP contribution in [0.1, 0.15) is 96.7 Å². The number of anilines is 1. The average Bonchev–Trinajstić information content (AvgIpc) is 2.72. The van der Waals surface area contributed by atoms with E-state index < -0.39 is 0 Å². The third kappa shape index (κ3) is 10.5. The molecule has 1 heterocycles. The van der Waals surface area contributed by atoms with E-state index in [2.05, 4.69) is 41.6 Å². The molecule has 0 saturated heterocycles. The first-order valence-corrected chi connectivity index (χ1v) is 14.2. The summed E-state index contributed by atoms with van der Waals surface area (Å²) in [4.78, 5) is 10.2. The molecule has 0 amide bonds. The van der Waals surface area contributed by atoms with Crippen LogP contribution in [0.3, 0.4) is 0 Å². The van der Waals surface area contributed by atoms with Crippen LogP contribution in [0.5, 0.6) is 0 Å². The number of thioether (sulfide) groups is 2. The molecule has 3 nitrogen and oxygen atoms in total. The zero-order valence-electron chi connectivity index (χ0n) is 19.2. The van der Waals surface area contributed by atoms with E-state index in [0.717, 1.165) is 26.6 Å². The molecule has 0 aliphatic rings. The summed E-state index contributed by atoms with van der Waals surface area (Å²) < 4.78 is 0. The van der Waals surface area contributed by atoms with Crippen LogP contribution in [0.4, 0.5) is 5.69 Å². The van der Waals surface area contributed by atoms with Gasteiger partial charge in [-0.15, -0.1) is 23.5 Å². The Morgan fingerprint density at radius 1 is 0.828 bits per heavy atom. The molecule has 0 aliphatic carbocycles. The zero-order chi connectivity index (χ0) is 21.5. The molecule has 1 rings (SSSR count). The Balaban J connectivity index is 2.76. The number of aryl methyl sites for hydroxylation is 1. The van der Waals surface area contributed by atoms with E-state index in [-0.39, 0.29) is 0 Å². The SMILES string of the molecule is CCCCCCCC[C@H](CCCCCC)C(=S)Nc1c(SC)nc(C)nc1SC. The van der Waals surface area contributed by atoms with Gasteiger partial charge in [0.1, 0.15) is 21.6 Å². The Labute approximate surface area is 193 Å². The fraction of sp³-hybridized carbons (Fsp3) is 0.783. The molecule has 0 saturated carbocycles. The summed E-state index contributed by atoms with van der Waals surface area (Å²) in [7, 11) is 0. The Morgan fingerprint density at radius 2 is 1.28 bits per heavy atom. The van der Waals surface area contributed by atoms with Gasteiger partial charge in [-0.05, 0) is 32.3 Å². The average molecular weight is 456 g/mol. The number of hydrogen-bond acceptors (Lipinski definition) is 5. The topological polar surface area (TPSA) is 37.8 Å². The number of aromatic nitrogens is 2. The Hall–Kier alpha value is -0.330. The molecule has 0 aliphatic heterocycles. The number of thiocarbonyl (C=S) groups is 1. The van der Waals surface area contributed by atoms with Crippen LogP contribution in [-0.2, 0) is 0 Å². The molecule has 1 aromatic rings. The van der Waals surface area contributed by atoms with Gasteiger partial charge >= 0.3 is 0 Å². The van der Waals surface area contributed by atoms with Crippen molar-refractivity contribution in [3.05, 3.63) is 5.82 Å². The summed E-state index contributed by atoms with van der Waals surface area (Å²) in [6.45, 7) is 6.50. The smallest absolute Gasteiger partial charge is 0.128 e. The Bertz CT molecular complexity index is 568. The van der Waals surface area contributed by atoms with Crippen LogP contribution in [0.15, 0.2) is 10.1 Å². The number of hydrogen-bond donors (Lipinski definition) is 1. The normalized spacial score (nSPS) is 12.2. The highest BCUT2D eigenvalue weighted by Gasteiger charge is 2.19. The van der Waals surface area contributed by atoms with Crippen molar-refractivity contribution in [3.8, 4) is 0 Å². The van der Waals surface area contributed by atoms with Crippen molar-refractivity contribution in [3.63, 3.8) is 0 Å². The van der Waals surface area contributed by atoms with Gasteiger partial charge in [0.15, 0.2) is 0 Å². The molecule has 0 spiro atoms. The fourth-order valence-corrected chi connectivity index (χ4v) is 5.10. The van der Waals surface area contributed by atoms with Gasteiger partial charge < -0.3 is 5.32 Å². The highest BCUT2D eigenvalue weighted by Crippen LogP contribution is 2.33. The van der Waals surface area contributed by atoms with Crippen LogP contribution in [0.25, 0.3) is 0 Å². The first kappa shape index (κ1) is 26.7. The number of nitrogens with one attached hydrogen (secondary N) is 1. The van der Waals surface area contributed by atoms with Crippen molar-refractivity contribution in [1.29, 1.82) is 0 Å². The molecule has 0 radical (unpaired) electrons. The second-order valence-electron chi connectivity index (χ2n) is 7.76. The van der Waals surface area contributed by atoms with Gasteiger partial charge in [0, 0.05) is 5.92 Å². The van der Waals surface area contributed by atoms with Crippen LogP contribution < -0.4 is 5.32 Å². The number of nitrogens with zero attached hydrogens (tertiary/aromatic N) is 2. The Kier molecular flexibility index (Phi) is 15.1.